The number of hydrogen-bond donors (Lipinski definition) is 2. The Morgan fingerprint density at radius 2 is 2.09 bits per heavy atom. The van der Waals surface area contributed by atoms with Gasteiger partial charge in [0.25, 0.3) is 5.92 Å². The summed E-state index contributed by atoms with van der Waals surface area (Å²) in [4.78, 5) is 41.7. The minimum atomic E-state index is -3.25. The molecule has 2 N–H and O–H groups in total. The summed E-state index contributed by atoms with van der Waals surface area (Å²) in [6.07, 6.45) is 0.648. The van der Waals surface area contributed by atoms with Crippen LogP contribution in [-0.2, 0) is 23.9 Å². The van der Waals surface area contributed by atoms with Gasteiger partial charge in [-0.2, -0.15) is 5.06 Å². The van der Waals surface area contributed by atoms with Gasteiger partial charge in [-0.15, -0.1) is 11.3 Å². The molecule has 0 unspecified atom stereocenters. The number of thiazole rings is 1. The second-order valence-electron chi connectivity index (χ2n) is 11.7. The van der Waals surface area contributed by atoms with E-state index in [0.29, 0.717) is 16.4 Å². The third-order valence-electron chi connectivity index (χ3n) is 8.61. The molecule has 4 heterocycles. The zero-order chi connectivity index (χ0) is 32.7. The fourth-order valence-corrected chi connectivity index (χ4v) is 6.61. The zero-order valence-corrected chi connectivity index (χ0v) is 26.4. The van der Waals surface area contributed by atoms with Crippen LogP contribution in [0.5, 0.6) is 0 Å². The normalized spacial score (nSPS) is 24.3. The number of esters is 1. The molecule has 0 amide bonds. The molecule has 1 aromatic carbocycles. The number of amidine groups is 1. The van der Waals surface area contributed by atoms with Crippen LogP contribution in [-0.4, -0.2) is 102 Å². The highest BCUT2D eigenvalue weighted by Gasteiger charge is 2.61. The van der Waals surface area contributed by atoms with E-state index in [-0.39, 0.29) is 43.1 Å². The lowest BCUT2D eigenvalue weighted by Gasteiger charge is -2.34. The molecule has 0 radical (unpaired) electrons. The molecule has 3 aliphatic rings. The Labute approximate surface area is 262 Å². The summed E-state index contributed by atoms with van der Waals surface area (Å²) in [6.45, 7) is 5.14. The number of fused-ring (bicyclic) bond motifs is 1. The van der Waals surface area contributed by atoms with Crippen molar-refractivity contribution in [1.29, 1.82) is 0 Å². The summed E-state index contributed by atoms with van der Waals surface area (Å²) >= 11 is 1.29. The molecule has 45 heavy (non-hydrogen) atoms. The predicted octanol–water partition coefficient (Wildman–Crippen LogP) is 3.56. The molecule has 11 nitrogen and oxygen atoms in total. The van der Waals surface area contributed by atoms with E-state index in [1.165, 1.54) is 49.3 Å². The van der Waals surface area contributed by atoms with Gasteiger partial charge in [-0.1, -0.05) is 12.1 Å². The average Bonchev–Trinajstić information content (AvgIpc) is 3.72. The van der Waals surface area contributed by atoms with E-state index in [0.717, 1.165) is 5.06 Å². The van der Waals surface area contributed by atoms with Crippen molar-refractivity contribution < 1.29 is 42.2 Å². The van der Waals surface area contributed by atoms with Crippen molar-refractivity contribution in [2.45, 2.75) is 57.8 Å². The first kappa shape index (κ1) is 33.0. The van der Waals surface area contributed by atoms with Gasteiger partial charge in [0.15, 0.2) is 10.8 Å². The number of hydrogen-bond acceptors (Lipinski definition) is 11. The molecule has 0 saturated carbocycles. The lowest BCUT2D eigenvalue weighted by atomic mass is 9.86. The van der Waals surface area contributed by atoms with Gasteiger partial charge in [0.05, 0.1) is 49.4 Å². The summed E-state index contributed by atoms with van der Waals surface area (Å²) in [6, 6.07) is 1.30. The molecular weight excluding hydrogens is 615 g/mol. The third kappa shape index (κ3) is 6.23. The number of aliphatic imine (C=N–C) groups is 1. The van der Waals surface area contributed by atoms with Crippen molar-refractivity contribution in [1.82, 2.24) is 20.3 Å². The summed E-state index contributed by atoms with van der Waals surface area (Å²) in [5.41, 5.74) is -0.296. The number of nitrogens with one attached hydrogen (secondary N) is 1. The number of nitrogens with zero attached hydrogens (tertiary/aromatic N) is 4. The fraction of sp³-hybridized carbons (Fsp3) is 0.533. The Morgan fingerprint density at radius 1 is 1.33 bits per heavy atom. The first-order valence-electron chi connectivity index (χ1n) is 14.5. The Morgan fingerprint density at radius 3 is 2.73 bits per heavy atom. The molecule has 5 rings (SSSR count). The second kappa shape index (κ2) is 12.8. The number of likely N-dealkylation sites (tertiary alicyclic amines) is 1. The van der Waals surface area contributed by atoms with Crippen molar-refractivity contribution in [2.75, 3.05) is 40.0 Å². The highest BCUT2D eigenvalue weighted by atomic mass is 32.1. The highest BCUT2D eigenvalue weighted by molar-refractivity contribution is 7.11. The first-order chi connectivity index (χ1) is 21.3. The van der Waals surface area contributed by atoms with Gasteiger partial charge in [0, 0.05) is 30.9 Å². The number of carbonyl (C=O) groups is 2. The van der Waals surface area contributed by atoms with Crippen LogP contribution in [0.2, 0.25) is 0 Å². The number of aliphatic carboxylic acids is 1. The van der Waals surface area contributed by atoms with Gasteiger partial charge < -0.3 is 19.9 Å². The van der Waals surface area contributed by atoms with E-state index >= 15 is 8.78 Å². The van der Waals surface area contributed by atoms with Crippen molar-refractivity contribution in [2.24, 2.45) is 10.4 Å². The van der Waals surface area contributed by atoms with Crippen molar-refractivity contribution >= 4 is 29.1 Å². The Balaban J connectivity index is 1.51. The van der Waals surface area contributed by atoms with Crippen LogP contribution in [0.15, 0.2) is 46.0 Å². The molecule has 0 spiro atoms. The summed E-state index contributed by atoms with van der Waals surface area (Å²) < 4.78 is 57.1. The third-order valence-corrected chi connectivity index (χ3v) is 9.39. The molecular formula is C30H36F3N5O6S. The number of methoxy groups -OCH3 is 1. The maximum Gasteiger partial charge on any atom is 0.338 e. The number of alkyl halides is 2. The predicted molar refractivity (Wildman–Crippen MR) is 158 cm³/mol. The highest BCUT2D eigenvalue weighted by Crippen LogP contribution is 2.42. The van der Waals surface area contributed by atoms with Gasteiger partial charge in [0.1, 0.15) is 17.9 Å². The van der Waals surface area contributed by atoms with Crippen LogP contribution in [0.4, 0.5) is 13.2 Å². The number of hydroxylamine groups is 2. The van der Waals surface area contributed by atoms with E-state index in [9.17, 15) is 19.1 Å². The maximum absolute atomic E-state index is 15.8. The zero-order valence-electron chi connectivity index (χ0n) is 25.6. The molecule has 244 valence electrons. The lowest BCUT2D eigenvalue weighted by molar-refractivity contribution is -0.205. The van der Waals surface area contributed by atoms with Crippen molar-refractivity contribution in [3.05, 3.63) is 63.0 Å². The molecule has 2 aromatic rings. The standard InChI is InChI=1S/C30H36F3N5O6S/c1-6-43-27(39)22-19(35-25(26-34-10-11-45-26)36-23(22)17-8-7-9-18(31)16(17)2)12-37-15-30(32,33)24-20(37)14-44-38(24)13-21(42-5)29(3,4)28(40)41/h7-11,20-21,23-24H,6,12-15H2,1-5H3,(H,35,36)(H,40,41)/t20-,21-,23-,24+/m0/s1. The van der Waals surface area contributed by atoms with E-state index in [2.05, 4.69) is 10.3 Å². The van der Waals surface area contributed by atoms with Gasteiger partial charge in [-0.25, -0.2) is 22.9 Å². The number of halogens is 3. The molecule has 0 bridgehead atoms. The van der Waals surface area contributed by atoms with Crippen LogP contribution < -0.4 is 5.32 Å². The number of benzene rings is 1. The topological polar surface area (TPSA) is 126 Å². The molecule has 15 heteroatoms. The monoisotopic (exact) mass is 651 g/mol. The minimum Gasteiger partial charge on any atom is -0.481 e. The van der Waals surface area contributed by atoms with Crippen LogP contribution in [0.3, 0.4) is 0 Å². The smallest absolute Gasteiger partial charge is 0.338 e. The molecule has 2 saturated heterocycles. The summed E-state index contributed by atoms with van der Waals surface area (Å²) in [5.74, 6) is -5.26. The quantitative estimate of drug-likeness (QED) is 0.349. The molecule has 0 aliphatic carbocycles. The summed E-state index contributed by atoms with van der Waals surface area (Å²) in [5, 5.41) is 16.2. The van der Waals surface area contributed by atoms with Gasteiger partial charge in [0.2, 0.25) is 0 Å². The van der Waals surface area contributed by atoms with E-state index in [4.69, 9.17) is 19.3 Å². The number of carboxylic acids is 1. The first-order valence-corrected chi connectivity index (χ1v) is 15.4. The van der Waals surface area contributed by atoms with Gasteiger partial charge in [-0.05, 0) is 44.9 Å². The molecule has 3 aliphatic heterocycles. The Kier molecular flexibility index (Phi) is 9.38. The van der Waals surface area contributed by atoms with E-state index < -0.39 is 59.9 Å². The largest absolute Gasteiger partial charge is 0.481 e. The number of ether oxygens (including phenoxy) is 2. The summed E-state index contributed by atoms with van der Waals surface area (Å²) in [7, 11) is 1.33. The molecule has 2 fully saturated rings. The second-order valence-corrected chi connectivity index (χ2v) is 12.6. The fourth-order valence-electron chi connectivity index (χ4n) is 6.02. The van der Waals surface area contributed by atoms with Crippen molar-refractivity contribution in [3.63, 3.8) is 0 Å². The van der Waals surface area contributed by atoms with E-state index in [1.807, 2.05) is 0 Å². The Hall–Kier alpha value is -3.37. The number of rotatable bonds is 11. The number of carbonyl (C=O) groups excluding carboxylic acids is 1. The van der Waals surface area contributed by atoms with Crippen molar-refractivity contribution in [3.8, 4) is 0 Å². The van der Waals surface area contributed by atoms with Crippen LogP contribution in [0.25, 0.3) is 0 Å². The van der Waals surface area contributed by atoms with Crippen LogP contribution in [0.1, 0.15) is 42.9 Å². The lowest BCUT2D eigenvalue weighted by Crippen LogP contribution is -2.51. The minimum absolute atomic E-state index is 0.0517. The molecule has 4 atom stereocenters. The van der Waals surface area contributed by atoms with Crippen LogP contribution in [0, 0.1) is 18.2 Å². The molecule has 1 aromatic heterocycles. The van der Waals surface area contributed by atoms with Crippen LogP contribution >= 0.6 is 11.3 Å². The number of aromatic nitrogens is 1. The van der Waals surface area contributed by atoms with E-state index in [1.54, 1.807) is 31.5 Å². The Bertz CT molecular complexity index is 1500. The average molecular weight is 652 g/mol. The van der Waals surface area contributed by atoms with Gasteiger partial charge >= 0.3 is 11.9 Å². The van der Waals surface area contributed by atoms with Gasteiger partial charge in [-0.3, -0.25) is 19.5 Å². The maximum atomic E-state index is 15.8. The SMILES string of the molecule is CCOC(=O)C1=C(CN2CC(F)(F)[C@H]3[C@@H]2CON3C[C@H](OC)C(C)(C)C(=O)O)NC(c2nccs2)=N[C@H]1c1cccc(F)c1C. The number of carboxylic acid groups (broad SMARTS) is 1.